The van der Waals surface area contributed by atoms with Gasteiger partial charge in [-0.25, -0.2) is 4.99 Å². The van der Waals surface area contributed by atoms with E-state index in [-0.39, 0.29) is 12.3 Å². The normalized spacial score (nSPS) is 19.9. The third-order valence-corrected chi connectivity index (χ3v) is 4.28. The van der Waals surface area contributed by atoms with Crippen molar-refractivity contribution in [2.75, 3.05) is 6.54 Å². The van der Waals surface area contributed by atoms with E-state index in [0.29, 0.717) is 17.8 Å². The van der Waals surface area contributed by atoms with Crippen LogP contribution in [0.2, 0.25) is 0 Å². The van der Waals surface area contributed by atoms with Crippen molar-refractivity contribution in [2.24, 2.45) is 16.6 Å². The van der Waals surface area contributed by atoms with E-state index in [2.05, 4.69) is 27.2 Å². The fourth-order valence-corrected chi connectivity index (χ4v) is 2.85. The molecule has 3 rings (SSSR count). The van der Waals surface area contributed by atoms with Crippen molar-refractivity contribution in [1.29, 1.82) is 0 Å². The van der Waals surface area contributed by atoms with Gasteiger partial charge in [-0.3, -0.25) is 0 Å². The van der Waals surface area contributed by atoms with Gasteiger partial charge in [-0.2, -0.15) is 0 Å². The van der Waals surface area contributed by atoms with E-state index in [1.807, 2.05) is 18.2 Å². The Morgan fingerprint density at radius 3 is 2.46 bits per heavy atom. The molecule has 1 aliphatic carbocycles. The average Bonchev–Trinajstić information content (AvgIpc) is 3.38. The van der Waals surface area contributed by atoms with Gasteiger partial charge < -0.3 is 15.8 Å². The SMILES string of the molecule is NC(=NCc1ccc(OC(F)(F)F)cc1)NCC1CC1c1ccccc1. The second kappa shape index (κ2) is 7.68. The van der Waals surface area contributed by atoms with Crippen molar-refractivity contribution >= 4 is 5.96 Å². The van der Waals surface area contributed by atoms with Crippen LogP contribution >= 0.6 is 0 Å². The number of rotatable bonds is 6. The molecular weight excluding hydrogens is 343 g/mol. The summed E-state index contributed by atoms with van der Waals surface area (Å²) in [7, 11) is 0. The number of benzene rings is 2. The number of hydrogen-bond donors (Lipinski definition) is 2. The molecule has 2 atom stereocenters. The Bertz CT molecular complexity index is 745. The lowest BCUT2D eigenvalue weighted by Crippen LogP contribution is -2.33. The summed E-state index contributed by atoms with van der Waals surface area (Å²) >= 11 is 0. The molecule has 0 amide bonds. The minimum Gasteiger partial charge on any atom is -0.406 e. The maximum atomic E-state index is 12.1. The maximum Gasteiger partial charge on any atom is 0.573 e. The number of guanidine groups is 1. The summed E-state index contributed by atoms with van der Waals surface area (Å²) in [6.45, 7) is 1.05. The highest BCUT2D eigenvalue weighted by molar-refractivity contribution is 5.77. The van der Waals surface area contributed by atoms with Crippen LogP contribution in [0.4, 0.5) is 13.2 Å². The summed E-state index contributed by atoms with van der Waals surface area (Å²) in [5.74, 6) is 1.19. The van der Waals surface area contributed by atoms with Gasteiger partial charge in [0.2, 0.25) is 0 Å². The molecule has 0 saturated heterocycles. The van der Waals surface area contributed by atoms with E-state index in [4.69, 9.17) is 5.73 Å². The molecular formula is C19H20F3N3O. The summed E-state index contributed by atoms with van der Waals surface area (Å²) in [5.41, 5.74) is 7.95. The third kappa shape index (κ3) is 5.40. The topological polar surface area (TPSA) is 59.6 Å². The molecule has 0 aliphatic heterocycles. The summed E-state index contributed by atoms with van der Waals surface area (Å²) in [4.78, 5) is 4.22. The lowest BCUT2D eigenvalue weighted by atomic mass is 10.1. The number of nitrogens with one attached hydrogen (secondary N) is 1. The van der Waals surface area contributed by atoms with E-state index >= 15 is 0 Å². The largest absolute Gasteiger partial charge is 0.573 e. The smallest absolute Gasteiger partial charge is 0.406 e. The zero-order chi connectivity index (χ0) is 18.6. The molecule has 1 saturated carbocycles. The minimum atomic E-state index is -4.69. The molecule has 2 aromatic rings. The van der Waals surface area contributed by atoms with Crippen LogP contribution in [-0.2, 0) is 6.54 Å². The van der Waals surface area contributed by atoms with E-state index in [9.17, 15) is 13.2 Å². The second-order valence-electron chi connectivity index (χ2n) is 6.29. The molecule has 3 N–H and O–H groups in total. The van der Waals surface area contributed by atoms with Gasteiger partial charge in [-0.05, 0) is 41.5 Å². The van der Waals surface area contributed by atoms with Crippen LogP contribution in [0.15, 0.2) is 59.6 Å². The number of aliphatic imine (C=N–C) groups is 1. The first-order valence-electron chi connectivity index (χ1n) is 8.34. The zero-order valence-corrected chi connectivity index (χ0v) is 14.0. The Hall–Kier alpha value is -2.70. The van der Waals surface area contributed by atoms with Gasteiger partial charge in [0.05, 0.1) is 6.54 Å². The van der Waals surface area contributed by atoms with Crippen LogP contribution in [0.5, 0.6) is 5.75 Å². The van der Waals surface area contributed by atoms with Crippen LogP contribution in [0.1, 0.15) is 23.5 Å². The fourth-order valence-electron chi connectivity index (χ4n) is 2.85. The molecule has 2 unspecified atom stereocenters. The van der Waals surface area contributed by atoms with Gasteiger partial charge in [-0.15, -0.1) is 13.2 Å². The van der Waals surface area contributed by atoms with Crippen LogP contribution in [0.3, 0.4) is 0 Å². The molecule has 7 heteroatoms. The summed E-state index contributed by atoms with van der Waals surface area (Å²) < 4.78 is 40.2. The summed E-state index contributed by atoms with van der Waals surface area (Å²) in [6, 6.07) is 15.9. The van der Waals surface area contributed by atoms with Crippen molar-refractivity contribution in [3.63, 3.8) is 0 Å². The van der Waals surface area contributed by atoms with Crippen molar-refractivity contribution < 1.29 is 17.9 Å². The minimum absolute atomic E-state index is 0.253. The van der Waals surface area contributed by atoms with Crippen LogP contribution < -0.4 is 15.8 Å². The quantitative estimate of drug-likeness (QED) is 0.606. The van der Waals surface area contributed by atoms with Gasteiger partial charge in [-0.1, -0.05) is 42.5 Å². The first-order valence-corrected chi connectivity index (χ1v) is 8.34. The number of hydrogen-bond acceptors (Lipinski definition) is 2. The Morgan fingerprint density at radius 2 is 1.81 bits per heavy atom. The predicted molar refractivity (Wildman–Crippen MR) is 93.7 cm³/mol. The van der Waals surface area contributed by atoms with Crippen molar-refractivity contribution in [2.45, 2.75) is 25.2 Å². The highest BCUT2D eigenvalue weighted by Crippen LogP contribution is 2.46. The monoisotopic (exact) mass is 363 g/mol. The van der Waals surface area contributed by atoms with Gasteiger partial charge >= 0.3 is 6.36 Å². The number of ether oxygens (including phenoxy) is 1. The van der Waals surface area contributed by atoms with E-state index < -0.39 is 6.36 Å². The van der Waals surface area contributed by atoms with Gasteiger partial charge in [0, 0.05) is 6.54 Å². The van der Waals surface area contributed by atoms with Gasteiger partial charge in [0.15, 0.2) is 5.96 Å². The van der Waals surface area contributed by atoms with Gasteiger partial charge in [0.25, 0.3) is 0 Å². The average molecular weight is 363 g/mol. The van der Waals surface area contributed by atoms with Crippen LogP contribution in [-0.4, -0.2) is 18.9 Å². The van der Waals surface area contributed by atoms with E-state index in [1.165, 1.54) is 29.8 Å². The first-order chi connectivity index (χ1) is 12.4. The molecule has 0 heterocycles. The lowest BCUT2D eigenvalue weighted by Gasteiger charge is -2.09. The van der Waals surface area contributed by atoms with Crippen molar-refractivity contribution in [1.82, 2.24) is 5.32 Å². The molecule has 0 radical (unpaired) electrons. The Labute approximate surface area is 149 Å². The molecule has 0 spiro atoms. The first kappa shape index (κ1) is 18.1. The highest BCUT2D eigenvalue weighted by atomic mass is 19.4. The molecule has 138 valence electrons. The Balaban J connectivity index is 1.43. The molecule has 1 fully saturated rings. The maximum absolute atomic E-state index is 12.1. The van der Waals surface area contributed by atoms with Crippen LogP contribution in [0, 0.1) is 5.92 Å². The van der Waals surface area contributed by atoms with E-state index in [0.717, 1.165) is 18.5 Å². The fraction of sp³-hybridized carbons (Fsp3) is 0.316. The van der Waals surface area contributed by atoms with Gasteiger partial charge in [0.1, 0.15) is 5.75 Å². The molecule has 0 bridgehead atoms. The van der Waals surface area contributed by atoms with Crippen molar-refractivity contribution in [3.05, 3.63) is 65.7 Å². The Kier molecular flexibility index (Phi) is 5.35. The summed E-state index contributed by atoms with van der Waals surface area (Å²) in [5, 5.41) is 3.11. The molecule has 26 heavy (non-hydrogen) atoms. The van der Waals surface area contributed by atoms with Crippen molar-refractivity contribution in [3.8, 4) is 5.75 Å². The molecule has 2 aromatic carbocycles. The zero-order valence-electron chi connectivity index (χ0n) is 14.0. The number of alkyl halides is 3. The third-order valence-electron chi connectivity index (χ3n) is 4.28. The molecule has 0 aromatic heterocycles. The molecule has 1 aliphatic rings. The number of halogens is 3. The standard InChI is InChI=1S/C19H20F3N3O/c20-19(21,22)26-16-8-6-13(7-9-16)11-24-18(23)25-12-15-10-17(15)14-4-2-1-3-5-14/h1-9,15,17H,10-12H2,(H3,23,24,25). The lowest BCUT2D eigenvalue weighted by molar-refractivity contribution is -0.274. The number of nitrogens with two attached hydrogens (primary N) is 1. The second-order valence-corrected chi connectivity index (χ2v) is 6.29. The van der Waals surface area contributed by atoms with Crippen LogP contribution in [0.25, 0.3) is 0 Å². The van der Waals surface area contributed by atoms with E-state index in [1.54, 1.807) is 0 Å². The Morgan fingerprint density at radius 1 is 1.12 bits per heavy atom. The molecule has 4 nitrogen and oxygen atoms in total. The highest BCUT2D eigenvalue weighted by Gasteiger charge is 2.37. The summed E-state index contributed by atoms with van der Waals surface area (Å²) in [6.07, 6.45) is -3.56. The predicted octanol–water partition coefficient (Wildman–Crippen LogP) is 3.79. The number of nitrogens with zero attached hydrogens (tertiary/aromatic N) is 1.